The first kappa shape index (κ1) is 15.7. The Morgan fingerprint density at radius 2 is 2.10 bits per heavy atom. The molecule has 0 saturated carbocycles. The quantitative estimate of drug-likeness (QED) is 0.914. The van der Waals surface area contributed by atoms with Crippen LogP contribution in [0, 0.1) is 11.7 Å². The Kier molecular flexibility index (Phi) is 5.42. The number of nitrogens with two attached hydrogens (primary N) is 1. The third-order valence-electron chi connectivity index (χ3n) is 3.86. The number of rotatable bonds is 3. The van der Waals surface area contributed by atoms with Gasteiger partial charge in [-0.05, 0) is 49.1 Å². The fourth-order valence-electron chi connectivity index (χ4n) is 3.14. The molecule has 1 fully saturated rings. The van der Waals surface area contributed by atoms with E-state index in [4.69, 9.17) is 17.3 Å². The van der Waals surface area contributed by atoms with Gasteiger partial charge in [0.25, 0.3) is 0 Å². The molecule has 2 nitrogen and oxygen atoms in total. The lowest BCUT2D eigenvalue weighted by Gasteiger charge is -2.35. The molecular formula is C16H24ClFN2. The van der Waals surface area contributed by atoms with Gasteiger partial charge in [0.15, 0.2) is 0 Å². The Bertz CT molecular complexity index is 430. The molecule has 1 heterocycles. The highest BCUT2D eigenvalue weighted by molar-refractivity contribution is 6.30. The molecule has 1 aromatic rings. The van der Waals surface area contributed by atoms with Crippen molar-refractivity contribution in [3.8, 4) is 0 Å². The summed E-state index contributed by atoms with van der Waals surface area (Å²) in [4.78, 5) is 2.40. The van der Waals surface area contributed by atoms with E-state index in [0.717, 1.165) is 37.9 Å². The van der Waals surface area contributed by atoms with Crippen molar-refractivity contribution in [2.75, 3.05) is 13.1 Å². The Balaban J connectivity index is 2.34. The van der Waals surface area contributed by atoms with E-state index in [9.17, 15) is 4.39 Å². The Labute approximate surface area is 126 Å². The number of hydrogen-bond donors (Lipinski definition) is 1. The van der Waals surface area contributed by atoms with E-state index in [-0.39, 0.29) is 17.9 Å². The van der Waals surface area contributed by atoms with Crippen LogP contribution >= 0.6 is 11.6 Å². The van der Waals surface area contributed by atoms with E-state index in [1.54, 1.807) is 6.07 Å². The van der Waals surface area contributed by atoms with Gasteiger partial charge in [0.2, 0.25) is 0 Å². The van der Waals surface area contributed by atoms with Crippen LogP contribution in [-0.2, 0) is 0 Å². The van der Waals surface area contributed by atoms with Crippen molar-refractivity contribution >= 4 is 11.6 Å². The van der Waals surface area contributed by atoms with E-state index in [1.807, 2.05) is 6.07 Å². The molecule has 2 atom stereocenters. The minimum Gasteiger partial charge on any atom is -0.326 e. The molecule has 4 heteroatoms. The van der Waals surface area contributed by atoms with Gasteiger partial charge in [0, 0.05) is 17.6 Å². The maximum Gasteiger partial charge on any atom is 0.125 e. The first-order chi connectivity index (χ1) is 9.47. The van der Waals surface area contributed by atoms with E-state index in [2.05, 4.69) is 18.7 Å². The standard InChI is InChI=1S/C16H24ClFN2/c1-11(2)10-20-6-4-3-5-15(19)16(20)12-7-13(17)9-14(18)8-12/h7-9,11,15-16H,3-6,10,19H2,1-2H3. The van der Waals surface area contributed by atoms with Crippen molar-refractivity contribution in [3.05, 3.63) is 34.6 Å². The largest absolute Gasteiger partial charge is 0.326 e. The highest BCUT2D eigenvalue weighted by Crippen LogP contribution is 2.32. The molecule has 2 unspecified atom stereocenters. The maximum absolute atomic E-state index is 13.7. The van der Waals surface area contributed by atoms with E-state index in [0.29, 0.717) is 10.9 Å². The molecule has 0 spiro atoms. The summed E-state index contributed by atoms with van der Waals surface area (Å²) in [5, 5.41) is 0.445. The molecule has 0 bridgehead atoms. The zero-order valence-electron chi connectivity index (χ0n) is 12.3. The summed E-state index contributed by atoms with van der Waals surface area (Å²) in [7, 11) is 0. The van der Waals surface area contributed by atoms with Gasteiger partial charge in [-0.25, -0.2) is 4.39 Å². The Hall–Kier alpha value is -0.640. The summed E-state index contributed by atoms with van der Waals surface area (Å²) in [5.41, 5.74) is 7.28. The molecule has 1 aromatic carbocycles. The average molecular weight is 299 g/mol. The van der Waals surface area contributed by atoms with Crippen LogP contribution in [0.4, 0.5) is 4.39 Å². The van der Waals surface area contributed by atoms with E-state index in [1.165, 1.54) is 6.07 Å². The zero-order chi connectivity index (χ0) is 14.7. The summed E-state index contributed by atoms with van der Waals surface area (Å²) in [5.74, 6) is 0.278. The predicted molar refractivity (Wildman–Crippen MR) is 82.4 cm³/mol. The van der Waals surface area contributed by atoms with Crippen molar-refractivity contribution in [1.82, 2.24) is 4.90 Å². The van der Waals surface area contributed by atoms with Crippen LogP contribution in [0.1, 0.15) is 44.7 Å². The number of nitrogens with zero attached hydrogens (tertiary/aromatic N) is 1. The molecule has 20 heavy (non-hydrogen) atoms. The van der Waals surface area contributed by atoms with E-state index >= 15 is 0 Å². The normalized spacial score (nSPS) is 24.9. The first-order valence-electron chi connectivity index (χ1n) is 7.43. The predicted octanol–water partition coefficient (Wildman–Crippen LogP) is 3.99. The van der Waals surface area contributed by atoms with Crippen molar-refractivity contribution < 1.29 is 4.39 Å². The van der Waals surface area contributed by atoms with Gasteiger partial charge in [-0.3, -0.25) is 4.90 Å². The molecule has 2 N–H and O–H groups in total. The highest BCUT2D eigenvalue weighted by atomic mass is 35.5. The Morgan fingerprint density at radius 3 is 2.75 bits per heavy atom. The van der Waals surface area contributed by atoms with Crippen LogP contribution in [0.15, 0.2) is 18.2 Å². The molecule has 0 aliphatic carbocycles. The second-order valence-electron chi connectivity index (χ2n) is 6.20. The maximum atomic E-state index is 13.7. The molecule has 0 aromatic heterocycles. The average Bonchev–Trinajstić information content (AvgIpc) is 2.49. The summed E-state index contributed by atoms with van der Waals surface area (Å²) in [6, 6.07) is 4.88. The van der Waals surface area contributed by atoms with Crippen LogP contribution in [-0.4, -0.2) is 24.0 Å². The molecule has 1 aliphatic heterocycles. The minimum atomic E-state index is -0.284. The second kappa shape index (κ2) is 6.88. The lowest BCUT2D eigenvalue weighted by Crippen LogP contribution is -2.41. The van der Waals surface area contributed by atoms with Gasteiger partial charge in [0.05, 0.1) is 6.04 Å². The van der Waals surface area contributed by atoms with Crippen molar-refractivity contribution in [1.29, 1.82) is 0 Å². The summed E-state index contributed by atoms with van der Waals surface area (Å²) < 4.78 is 13.7. The van der Waals surface area contributed by atoms with Crippen molar-refractivity contribution in [2.24, 2.45) is 11.7 Å². The SMILES string of the molecule is CC(C)CN1CCCCC(N)C1c1cc(F)cc(Cl)c1. The van der Waals surface area contributed by atoms with Gasteiger partial charge in [-0.2, -0.15) is 0 Å². The van der Waals surface area contributed by atoms with Gasteiger partial charge < -0.3 is 5.73 Å². The zero-order valence-corrected chi connectivity index (χ0v) is 13.0. The number of benzene rings is 1. The van der Waals surface area contributed by atoms with Crippen LogP contribution in [0.3, 0.4) is 0 Å². The topological polar surface area (TPSA) is 29.3 Å². The number of hydrogen-bond acceptors (Lipinski definition) is 2. The number of halogens is 2. The van der Waals surface area contributed by atoms with Crippen molar-refractivity contribution in [2.45, 2.75) is 45.2 Å². The van der Waals surface area contributed by atoms with Crippen molar-refractivity contribution in [3.63, 3.8) is 0 Å². The Morgan fingerprint density at radius 1 is 1.35 bits per heavy atom. The van der Waals surface area contributed by atoms with Gasteiger partial charge >= 0.3 is 0 Å². The second-order valence-corrected chi connectivity index (χ2v) is 6.63. The van der Waals surface area contributed by atoms with Crippen LogP contribution in [0.5, 0.6) is 0 Å². The molecule has 0 radical (unpaired) electrons. The van der Waals surface area contributed by atoms with Crippen LogP contribution < -0.4 is 5.73 Å². The lowest BCUT2D eigenvalue weighted by atomic mass is 9.95. The monoisotopic (exact) mass is 298 g/mol. The third kappa shape index (κ3) is 3.94. The van der Waals surface area contributed by atoms with Gasteiger partial charge in [0.1, 0.15) is 5.82 Å². The molecule has 0 amide bonds. The molecule has 112 valence electrons. The van der Waals surface area contributed by atoms with Gasteiger partial charge in [-0.1, -0.05) is 31.9 Å². The first-order valence-corrected chi connectivity index (χ1v) is 7.81. The summed E-state index contributed by atoms with van der Waals surface area (Å²) >= 11 is 6.01. The smallest absolute Gasteiger partial charge is 0.125 e. The summed E-state index contributed by atoms with van der Waals surface area (Å²) in [6.45, 7) is 6.40. The summed E-state index contributed by atoms with van der Waals surface area (Å²) in [6.07, 6.45) is 3.27. The van der Waals surface area contributed by atoms with Crippen LogP contribution in [0.2, 0.25) is 5.02 Å². The van der Waals surface area contributed by atoms with Crippen LogP contribution in [0.25, 0.3) is 0 Å². The lowest BCUT2D eigenvalue weighted by molar-refractivity contribution is 0.165. The van der Waals surface area contributed by atoms with E-state index < -0.39 is 0 Å². The minimum absolute atomic E-state index is 0.0362. The fourth-order valence-corrected chi connectivity index (χ4v) is 3.37. The molecular weight excluding hydrogens is 275 g/mol. The molecule has 1 saturated heterocycles. The highest BCUT2D eigenvalue weighted by Gasteiger charge is 2.29. The van der Waals surface area contributed by atoms with Gasteiger partial charge in [-0.15, -0.1) is 0 Å². The third-order valence-corrected chi connectivity index (χ3v) is 4.08. The molecule has 2 rings (SSSR count). The molecule has 1 aliphatic rings. The fraction of sp³-hybridized carbons (Fsp3) is 0.625. The number of likely N-dealkylation sites (tertiary alicyclic amines) is 1.